The number of hydrogen-bond donors (Lipinski definition) is 0. The summed E-state index contributed by atoms with van der Waals surface area (Å²) in [5.74, 6) is -130. The molecule has 42 heteroatoms. The van der Waals surface area contributed by atoms with Crippen LogP contribution in [0.3, 0.4) is 0 Å². The van der Waals surface area contributed by atoms with Crippen molar-refractivity contribution >= 4 is 14.0 Å². The summed E-state index contributed by atoms with van der Waals surface area (Å²) >= 11 is 0. The average Bonchev–Trinajstić information content (AvgIpc) is 3.17. The van der Waals surface area contributed by atoms with Gasteiger partial charge >= 0.3 is 113 Å². The summed E-state index contributed by atoms with van der Waals surface area (Å²) in [6.07, 6.45) is -38.6. The Kier molecular flexibility index (Phi) is 18.7. The zero-order valence-corrected chi connectivity index (χ0v) is 35.1. The molecule has 2 nitrogen and oxygen atoms in total. The Morgan fingerprint density at radius 2 is 0.521 bits per heavy atom. The van der Waals surface area contributed by atoms with Gasteiger partial charge in [-0.1, -0.05) is 30.8 Å². The first-order chi connectivity index (χ1) is 31.2. The van der Waals surface area contributed by atoms with Gasteiger partial charge in [0.2, 0.25) is 0 Å². The van der Waals surface area contributed by atoms with Gasteiger partial charge in [0.1, 0.15) is 0 Å². The molecule has 0 aromatic rings. The molecule has 0 saturated carbocycles. The van der Waals surface area contributed by atoms with Crippen LogP contribution in [-0.2, 0) is 9.53 Å². The predicted octanol–water partition coefficient (Wildman–Crippen LogP) is 16.3. The van der Waals surface area contributed by atoms with Crippen LogP contribution in [0.2, 0.25) is 24.2 Å². The largest absolute Gasteiger partial charge is 0.462 e. The smallest absolute Gasteiger partial charge is 0.460 e. The zero-order chi connectivity index (χ0) is 59.7. The van der Waals surface area contributed by atoms with Crippen molar-refractivity contribution in [3.8, 4) is 0 Å². The maximum absolute atomic E-state index is 15.0. The first-order valence-corrected chi connectivity index (χ1v) is 20.7. The summed E-state index contributed by atoms with van der Waals surface area (Å²) < 4.78 is 543. The number of alkyl halides is 39. The van der Waals surface area contributed by atoms with Crippen LogP contribution in [0.1, 0.15) is 32.6 Å². The van der Waals surface area contributed by atoms with Gasteiger partial charge in [0, 0.05) is 24.8 Å². The van der Waals surface area contributed by atoms with E-state index in [2.05, 4.69) is 11.3 Å². The molecule has 0 aliphatic rings. The van der Waals surface area contributed by atoms with Crippen LogP contribution in [0, 0.1) is 0 Å². The van der Waals surface area contributed by atoms with Gasteiger partial charge in [-0.3, -0.25) is 0 Å². The van der Waals surface area contributed by atoms with Crippen LogP contribution in [0.15, 0.2) is 12.2 Å². The molecule has 0 atom stereocenters. The zero-order valence-electron chi connectivity index (χ0n) is 34.1. The topological polar surface area (TPSA) is 26.3 Å². The van der Waals surface area contributed by atoms with E-state index in [1.807, 2.05) is 0 Å². The Morgan fingerprint density at radius 3 is 0.699 bits per heavy atom. The SMILES string of the molecule is C=C(C)C(=O)OCCC[Si](CCC(F)(F)C(F)(F)C(F)(F)C(F)(F)C(F)(F)C(F)(F)F)(CCC(F)(F)C(F)(F)C(F)(F)C(F)(F)C(F)(F)C(F)(F)F)CCC(F)(F)C(F)(F)C(F)(F)C(F)(F)C(F)(F)C(F)(F)F. The molecule has 0 rings (SSSR count). The van der Waals surface area contributed by atoms with Crippen LogP contribution in [-0.4, -0.2) is 128 Å². The lowest BCUT2D eigenvalue weighted by Crippen LogP contribution is -2.70. The molecule has 0 spiro atoms. The van der Waals surface area contributed by atoms with Crippen molar-refractivity contribution < 1.29 is 181 Å². The van der Waals surface area contributed by atoms with Crippen molar-refractivity contribution in [2.45, 2.75) is 164 Å². The number of hydrogen-bond acceptors (Lipinski definition) is 2. The summed E-state index contributed by atoms with van der Waals surface area (Å²) in [6, 6.07) is -12.3. The molecule has 0 unspecified atom stereocenters. The van der Waals surface area contributed by atoms with E-state index in [1.165, 1.54) is 0 Å². The second-order valence-corrected chi connectivity index (χ2v) is 20.5. The Balaban J connectivity index is 8.45. The molecule has 0 aromatic carbocycles. The highest BCUT2D eigenvalue weighted by atomic mass is 28.3. The molecular weight excluding hydrogens is 1170 g/mol. The molecule has 0 aromatic heterocycles. The standard InChI is InChI=1S/C31H23F39O2Si/c1-12(2)13(71)72-7-3-8-73(9-4-14(32,33)17(38,39)20(44,45)23(50,51)26(56,57)29(62,63)64,10-5-15(34,35)18(40,41)21(46,47)24(52,53)27(58,59)30(65,66)67)11-6-16(36,37)19(42,43)22(48,49)25(54,55)28(60,61)31(68,69)70/h1,3-11H2,2H3. The first kappa shape index (κ1) is 69.7. The van der Waals surface area contributed by atoms with Crippen molar-refractivity contribution in [2.75, 3.05) is 6.61 Å². The molecule has 0 N–H and O–H groups in total. The van der Waals surface area contributed by atoms with E-state index in [4.69, 9.17) is 0 Å². The van der Waals surface area contributed by atoms with Gasteiger partial charge in [0.05, 0.1) is 14.7 Å². The lowest BCUT2D eigenvalue weighted by Gasteiger charge is -2.43. The lowest BCUT2D eigenvalue weighted by atomic mass is 9.93. The van der Waals surface area contributed by atoms with Gasteiger partial charge in [-0.15, -0.1) is 0 Å². The number of esters is 1. The average molecular weight is 1200 g/mol. The van der Waals surface area contributed by atoms with E-state index in [0.29, 0.717) is 6.92 Å². The molecule has 436 valence electrons. The fourth-order valence-corrected chi connectivity index (χ4v) is 10.6. The van der Waals surface area contributed by atoms with Gasteiger partial charge in [-0.25, -0.2) is 4.79 Å². The van der Waals surface area contributed by atoms with E-state index >= 15 is 0 Å². The summed E-state index contributed by atoms with van der Waals surface area (Å²) in [5.41, 5.74) is -0.828. The molecule has 0 radical (unpaired) electrons. The van der Waals surface area contributed by atoms with Gasteiger partial charge in [0.15, 0.2) is 0 Å². The predicted molar refractivity (Wildman–Crippen MR) is 162 cm³/mol. The van der Waals surface area contributed by atoms with Crippen LogP contribution in [0.5, 0.6) is 0 Å². The van der Waals surface area contributed by atoms with Crippen molar-refractivity contribution in [1.82, 2.24) is 0 Å². The van der Waals surface area contributed by atoms with Gasteiger partial charge < -0.3 is 4.74 Å². The number of carbonyl (C=O) groups excluding carboxylic acids is 1. The minimum absolute atomic E-state index is 0.645. The normalized spacial score (nSPS) is 16.3. The maximum atomic E-state index is 15.0. The van der Waals surface area contributed by atoms with E-state index in [0.717, 1.165) is 0 Å². The fraction of sp³-hybridized carbons (Fsp3) is 0.903. The molecule has 0 aliphatic carbocycles. The molecule has 0 saturated heterocycles. The van der Waals surface area contributed by atoms with Crippen LogP contribution < -0.4 is 0 Å². The second-order valence-electron chi connectivity index (χ2n) is 15.5. The molecule has 0 aliphatic heterocycles. The molecular formula is C31H23F39O2Si. The lowest BCUT2D eigenvalue weighted by molar-refractivity contribution is -0.440. The Labute approximate surface area is 378 Å². The summed E-state index contributed by atoms with van der Waals surface area (Å²) in [6.45, 7) is 1.69. The Bertz CT molecular complexity index is 1730. The second kappa shape index (κ2) is 19.6. The van der Waals surface area contributed by atoms with Gasteiger partial charge in [-0.2, -0.15) is 171 Å². The van der Waals surface area contributed by atoms with Crippen molar-refractivity contribution in [1.29, 1.82) is 0 Å². The van der Waals surface area contributed by atoms with Gasteiger partial charge in [-0.05, 0) is 13.3 Å². The Hall–Kier alpha value is -3.30. The van der Waals surface area contributed by atoms with Crippen LogP contribution in [0.4, 0.5) is 171 Å². The molecule has 73 heavy (non-hydrogen) atoms. The molecule has 0 amide bonds. The summed E-state index contributed by atoms with van der Waals surface area (Å²) in [7, 11) is -6.91. The summed E-state index contributed by atoms with van der Waals surface area (Å²) in [5, 5.41) is 0. The highest BCUT2D eigenvalue weighted by Crippen LogP contribution is 2.65. The van der Waals surface area contributed by atoms with Crippen molar-refractivity contribution in [2.24, 2.45) is 0 Å². The molecule has 0 fully saturated rings. The third-order valence-electron chi connectivity index (χ3n) is 10.3. The minimum Gasteiger partial charge on any atom is -0.462 e. The highest BCUT2D eigenvalue weighted by Gasteiger charge is 2.93. The van der Waals surface area contributed by atoms with E-state index < -0.39 is 183 Å². The maximum Gasteiger partial charge on any atom is 0.460 e. The minimum atomic E-state index is -8.90. The van der Waals surface area contributed by atoms with E-state index in [9.17, 15) is 176 Å². The Morgan fingerprint density at radius 1 is 0.329 bits per heavy atom. The number of rotatable bonds is 26. The fourth-order valence-electron chi connectivity index (χ4n) is 5.63. The molecule has 0 bridgehead atoms. The quantitative estimate of drug-likeness (QED) is 0.0284. The van der Waals surface area contributed by atoms with Crippen molar-refractivity contribution in [3.05, 3.63) is 12.2 Å². The van der Waals surface area contributed by atoms with Gasteiger partial charge in [0.25, 0.3) is 0 Å². The third-order valence-corrected chi connectivity index (χ3v) is 15.7. The number of ether oxygens (including phenoxy) is 1. The highest BCUT2D eigenvalue weighted by molar-refractivity contribution is 6.79. The number of carbonyl (C=O) groups is 1. The summed E-state index contributed by atoms with van der Waals surface area (Å²) in [4.78, 5) is 11.7. The van der Waals surface area contributed by atoms with Crippen LogP contribution in [0.25, 0.3) is 0 Å². The van der Waals surface area contributed by atoms with Crippen LogP contribution >= 0.6 is 0 Å². The number of halogens is 39. The molecule has 0 heterocycles. The first-order valence-electron chi connectivity index (χ1n) is 17.9. The monoisotopic (exact) mass is 1200 g/mol. The van der Waals surface area contributed by atoms with E-state index in [1.54, 1.807) is 0 Å². The van der Waals surface area contributed by atoms with E-state index in [-0.39, 0.29) is 0 Å². The third kappa shape index (κ3) is 11.3. The van der Waals surface area contributed by atoms with Crippen molar-refractivity contribution in [3.63, 3.8) is 0 Å².